The number of benzene rings is 1. The normalized spacial score (nSPS) is 11.5. The van der Waals surface area contributed by atoms with Crippen molar-refractivity contribution in [2.45, 2.75) is 11.6 Å². The zero-order chi connectivity index (χ0) is 14.0. The maximum absolute atomic E-state index is 13.1. The molecule has 0 bridgehead atoms. The third kappa shape index (κ3) is 2.86. The van der Waals surface area contributed by atoms with Gasteiger partial charge in [0.15, 0.2) is 5.03 Å². The molecule has 0 radical (unpaired) electrons. The van der Waals surface area contributed by atoms with Gasteiger partial charge in [-0.1, -0.05) is 11.6 Å². The molecule has 0 fully saturated rings. The molecular formula is C10H9ClFN3O3S. The molecule has 0 saturated heterocycles. The second kappa shape index (κ2) is 5.16. The van der Waals surface area contributed by atoms with Gasteiger partial charge in [0, 0.05) is 5.56 Å². The molecule has 0 aliphatic rings. The molecule has 0 saturated carbocycles. The van der Waals surface area contributed by atoms with Gasteiger partial charge in [0.25, 0.3) is 10.0 Å². The topological polar surface area (TPSA) is 95.1 Å². The number of H-pyrrole nitrogens is 1. The molecule has 1 aromatic carbocycles. The van der Waals surface area contributed by atoms with Crippen molar-refractivity contribution in [2.24, 2.45) is 0 Å². The van der Waals surface area contributed by atoms with Crippen LogP contribution in [0.4, 0.5) is 10.1 Å². The Kier molecular flexibility index (Phi) is 3.74. The lowest BCUT2D eigenvalue weighted by Gasteiger charge is -2.09. The lowest BCUT2D eigenvalue weighted by atomic mass is 10.3. The summed E-state index contributed by atoms with van der Waals surface area (Å²) in [6.07, 6.45) is 1.18. The minimum atomic E-state index is -4.03. The zero-order valence-corrected chi connectivity index (χ0v) is 11.0. The van der Waals surface area contributed by atoms with E-state index in [1.165, 1.54) is 12.3 Å². The van der Waals surface area contributed by atoms with Gasteiger partial charge >= 0.3 is 0 Å². The third-order valence-corrected chi connectivity index (χ3v) is 4.00. The summed E-state index contributed by atoms with van der Waals surface area (Å²) in [6.45, 7) is -0.496. The maximum atomic E-state index is 13.1. The van der Waals surface area contributed by atoms with Crippen molar-refractivity contribution in [3.05, 3.63) is 40.8 Å². The molecule has 6 nitrogen and oxygen atoms in total. The molecule has 0 spiro atoms. The lowest BCUT2D eigenvalue weighted by Crippen LogP contribution is -2.15. The van der Waals surface area contributed by atoms with Crippen LogP contribution < -0.4 is 4.72 Å². The van der Waals surface area contributed by atoms with Crippen molar-refractivity contribution in [3.63, 3.8) is 0 Å². The third-order valence-electron chi connectivity index (χ3n) is 2.29. The van der Waals surface area contributed by atoms with Crippen molar-refractivity contribution >= 4 is 27.3 Å². The molecule has 102 valence electrons. The Morgan fingerprint density at radius 2 is 2.21 bits per heavy atom. The molecule has 3 N–H and O–H groups in total. The number of nitrogens with one attached hydrogen (secondary N) is 2. The first kappa shape index (κ1) is 13.8. The number of hydrogen-bond donors (Lipinski definition) is 3. The van der Waals surface area contributed by atoms with E-state index in [1.807, 2.05) is 0 Å². The molecule has 0 aliphatic carbocycles. The lowest BCUT2D eigenvalue weighted by molar-refractivity contribution is 0.278. The Hall–Kier alpha value is -1.64. The second-order valence-electron chi connectivity index (χ2n) is 3.61. The molecule has 1 aromatic heterocycles. The number of rotatable bonds is 4. The largest absolute Gasteiger partial charge is 0.392 e. The fraction of sp³-hybridized carbons (Fsp3) is 0.100. The highest BCUT2D eigenvalue weighted by Crippen LogP contribution is 2.25. The number of sulfonamides is 1. The molecule has 9 heteroatoms. The number of aromatic nitrogens is 2. The highest BCUT2D eigenvalue weighted by atomic mass is 35.5. The molecular weight excluding hydrogens is 297 g/mol. The minimum Gasteiger partial charge on any atom is -0.392 e. The molecule has 2 aromatic rings. The molecule has 0 unspecified atom stereocenters. The number of nitrogens with zero attached hydrogens (tertiary/aromatic N) is 1. The first-order chi connectivity index (χ1) is 8.94. The fourth-order valence-electron chi connectivity index (χ4n) is 1.42. The molecule has 0 aliphatic heterocycles. The summed E-state index contributed by atoms with van der Waals surface area (Å²) in [6, 6.07) is 3.29. The number of aliphatic hydroxyl groups is 1. The van der Waals surface area contributed by atoms with Gasteiger partial charge in [-0.25, -0.2) is 4.39 Å². The summed E-state index contributed by atoms with van der Waals surface area (Å²) in [7, 11) is -4.03. The van der Waals surface area contributed by atoms with E-state index < -0.39 is 22.4 Å². The number of anilines is 1. The van der Waals surface area contributed by atoms with Crippen LogP contribution in [0, 0.1) is 5.82 Å². The van der Waals surface area contributed by atoms with Crippen molar-refractivity contribution in [1.29, 1.82) is 0 Å². The van der Waals surface area contributed by atoms with Crippen LogP contribution in [-0.2, 0) is 16.6 Å². The fourth-order valence-corrected chi connectivity index (χ4v) is 2.83. The summed E-state index contributed by atoms with van der Waals surface area (Å²) in [5.74, 6) is -0.630. The predicted molar refractivity (Wildman–Crippen MR) is 66.7 cm³/mol. The zero-order valence-electron chi connectivity index (χ0n) is 9.39. The maximum Gasteiger partial charge on any atom is 0.279 e. The minimum absolute atomic E-state index is 0.0510. The van der Waals surface area contributed by atoms with Gasteiger partial charge in [0.1, 0.15) is 5.82 Å². The van der Waals surface area contributed by atoms with E-state index in [0.29, 0.717) is 0 Å². The van der Waals surface area contributed by atoms with Gasteiger partial charge in [-0.3, -0.25) is 9.82 Å². The van der Waals surface area contributed by atoms with E-state index in [9.17, 15) is 12.8 Å². The summed E-state index contributed by atoms with van der Waals surface area (Å²) >= 11 is 5.77. The molecule has 2 rings (SSSR count). The van der Waals surface area contributed by atoms with Crippen LogP contribution >= 0.6 is 11.6 Å². The van der Waals surface area contributed by atoms with Gasteiger partial charge < -0.3 is 5.11 Å². The van der Waals surface area contributed by atoms with Crippen LogP contribution in [0.2, 0.25) is 5.02 Å². The molecule has 1 heterocycles. The first-order valence-corrected chi connectivity index (χ1v) is 6.91. The van der Waals surface area contributed by atoms with E-state index in [1.54, 1.807) is 0 Å². The Morgan fingerprint density at radius 3 is 2.89 bits per heavy atom. The van der Waals surface area contributed by atoms with E-state index in [-0.39, 0.29) is 21.3 Å². The summed E-state index contributed by atoms with van der Waals surface area (Å²) < 4.78 is 39.2. The van der Waals surface area contributed by atoms with E-state index in [2.05, 4.69) is 14.9 Å². The molecule has 0 atom stereocenters. The van der Waals surface area contributed by atoms with Crippen LogP contribution in [0.15, 0.2) is 29.4 Å². The van der Waals surface area contributed by atoms with Gasteiger partial charge in [-0.2, -0.15) is 13.5 Å². The van der Waals surface area contributed by atoms with Crippen molar-refractivity contribution in [3.8, 4) is 0 Å². The van der Waals surface area contributed by atoms with Crippen LogP contribution in [0.5, 0.6) is 0 Å². The number of hydrogen-bond acceptors (Lipinski definition) is 4. The summed E-state index contributed by atoms with van der Waals surface area (Å²) in [4.78, 5) is 0. The average molecular weight is 306 g/mol. The van der Waals surface area contributed by atoms with Gasteiger partial charge in [0.05, 0.1) is 23.5 Å². The van der Waals surface area contributed by atoms with Crippen molar-refractivity contribution in [2.75, 3.05) is 4.72 Å². The first-order valence-electron chi connectivity index (χ1n) is 5.05. The van der Waals surface area contributed by atoms with E-state index in [0.717, 1.165) is 12.1 Å². The summed E-state index contributed by atoms with van der Waals surface area (Å²) in [5.41, 5.74) is 0.000168. The Labute approximate surface area is 113 Å². The van der Waals surface area contributed by atoms with Crippen molar-refractivity contribution in [1.82, 2.24) is 10.2 Å². The SMILES string of the molecule is O=S(=O)(Nc1cc(F)ccc1Cl)c1[nH]ncc1CO. The monoisotopic (exact) mass is 305 g/mol. The predicted octanol–water partition coefficient (Wildman–Crippen LogP) is 1.50. The van der Waals surface area contributed by atoms with E-state index >= 15 is 0 Å². The Bertz CT molecular complexity index is 702. The van der Waals surface area contributed by atoms with Crippen LogP contribution in [0.3, 0.4) is 0 Å². The van der Waals surface area contributed by atoms with Gasteiger partial charge in [0.2, 0.25) is 0 Å². The quantitative estimate of drug-likeness (QED) is 0.797. The highest BCUT2D eigenvalue weighted by molar-refractivity contribution is 7.92. The average Bonchev–Trinajstić information content (AvgIpc) is 2.82. The van der Waals surface area contributed by atoms with Crippen molar-refractivity contribution < 1.29 is 17.9 Å². The Balaban J connectivity index is 2.39. The van der Waals surface area contributed by atoms with Gasteiger partial charge in [-0.15, -0.1) is 0 Å². The number of aliphatic hydroxyl groups excluding tert-OH is 1. The summed E-state index contributed by atoms with van der Waals surface area (Å²) in [5, 5.41) is 14.5. The van der Waals surface area contributed by atoms with Crippen LogP contribution in [0.25, 0.3) is 0 Å². The second-order valence-corrected chi connectivity index (χ2v) is 5.64. The van der Waals surface area contributed by atoms with Crippen LogP contribution in [-0.4, -0.2) is 23.7 Å². The Morgan fingerprint density at radius 1 is 1.47 bits per heavy atom. The number of aromatic amines is 1. The number of halogens is 2. The smallest absolute Gasteiger partial charge is 0.279 e. The van der Waals surface area contributed by atoms with Gasteiger partial charge in [-0.05, 0) is 18.2 Å². The molecule has 19 heavy (non-hydrogen) atoms. The van der Waals surface area contributed by atoms with E-state index in [4.69, 9.17) is 16.7 Å². The standard InChI is InChI=1S/C10H9ClFN3O3S/c11-8-2-1-7(12)3-9(8)15-19(17,18)10-6(5-16)4-13-14-10/h1-4,15-16H,5H2,(H,13,14). The highest BCUT2D eigenvalue weighted by Gasteiger charge is 2.21. The van der Waals surface area contributed by atoms with Crippen LogP contribution in [0.1, 0.15) is 5.56 Å². The molecule has 0 amide bonds.